The van der Waals surface area contributed by atoms with E-state index in [1.54, 1.807) is 39.6 Å². The normalized spacial score (nSPS) is 13.7. The van der Waals surface area contributed by atoms with E-state index >= 15 is 0 Å². The van der Waals surface area contributed by atoms with Crippen LogP contribution in [0.5, 0.6) is 0 Å². The van der Waals surface area contributed by atoms with Crippen LogP contribution in [0.15, 0.2) is 66.9 Å². The number of nitrogens with one attached hydrogen (secondary N) is 1. The highest BCUT2D eigenvalue weighted by molar-refractivity contribution is 7.23. The molecule has 1 aliphatic rings. The summed E-state index contributed by atoms with van der Waals surface area (Å²) in [4.78, 5) is 22.0. The molecule has 4 heterocycles. The summed E-state index contributed by atoms with van der Waals surface area (Å²) in [5.74, 6) is -0.133. The van der Waals surface area contributed by atoms with Crippen LogP contribution >= 0.6 is 22.7 Å². The van der Waals surface area contributed by atoms with Crippen molar-refractivity contribution >= 4 is 43.8 Å². The highest BCUT2D eigenvalue weighted by Crippen LogP contribution is 2.46. The number of hydrogen-bond donors (Lipinski definition) is 1. The first-order chi connectivity index (χ1) is 17.2. The number of aryl methyl sites for hydroxylation is 1. The largest absolute Gasteiger partial charge is 0.312 e. The SMILES string of the molecule is CCn1nccc1C(=O)Nc1sc2c(c1-c1nc3ccccc3s1)CCN(Cc1ccccc1)C2. The van der Waals surface area contributed by atoms with Gasteiger partial charge in [0.15, 0.2) is 0 Å². The van der Waals surface area contributed by atoms with Gasteiger partial charge in [-0.15, -0.1) is 22.7 Å². The zero-order valence-electron chi connectivity index (χ0n) is 19.4. The second-order valence-corrected chi connectivity index (χ2v) is 10.8. The average Bonchev–Trinajstić information content (AvgIpc) is 3.60. The predicted octanol–water partition coefficient (Wildman–Crippen LogP) is 6.05. The minimum Gasteiger partial charge on any atom is -0.312 e. The fourth-order valence-electron chi connectivity index (χ4n) is 4.67. The number of para-hydroxylation sites is 1. The number of thiophene rings is 1. The highest BCUT2D eigenvalue weighted by atomic mass is 32.1. The summed E-state index contributed by atoms with van der Waals surface area (Å²) >= 11 is 3.37. The number of benzene rings is 2. The lowest BCUT2D eigenvalue weighted by atomic mass is 10.0. The summed E-state index contributed by atoms with van der Waals surface area (Å²) in [6, 6.07) is 20.6. The van der Waals surface area contributed by atoms with E-state index < -0.39 is 0 Å². The van der Waals surface area contributed by atoms with Crippen LogP contribution in [0.2, 0.25) is 0 Å². The van der Waals surface area contributed by atoms with Crippen molar-refractivity contribution in [2.75, 3.05) is 11.9 Å². The Bertz CT molecular complexity index is 1470. The van der Waals surface area contributed by atoms with E-state index in [1.807, 2.05) is 25.1 Å². The number of aromatic nitrogens is 3. The topological polar surface area (TPSA) is 63.1 Å². The maximum Gasteiger partial charge on any atom is 0.274 e. The Morgan fingerprint density at radius 3 is 2.71 bits per heavy atom. The third kappa shape index (κ3) is 4.29. The molecule has 3 aromatic heterocycles. The number of fused-ring (bicyclic) bond motifs is 2. The molecule has 5 aromatic rings. The minimum atomic E-state index is -0.133. The quantitative estimate of drug-likeness (QED) is 0.309. The maximum atomic E-state index is 13.2. The Labute approximate surface area is 211 Å². The van der Waals surface area contributed by atoms with Gasteiger partial charge < -0.3 is 5.32 Å². The lowest BCUT2D eigenvalue weighted by molar-refractivity contribution is 0.101. The minimum absolute atomic E-state index is 0.133. The maximum absolute atomic E-state index is 13.2. The number of hydrogen-bond acceptors (Lipinski definition) is 6. The Kier molecular flexibility index (Phi) is 5.93. The molecule has 35 heavy (non-hydrogen) atoms. The molecule has 1 amide bonds. The smallest absolute Gasteiger partial charge is 0.274 e. The van der Waals surface area contributed by atoms with Crippen LogP contribution < -0.4 is 5.32 Å². The van der Waals surface area contributed by atoms with Crippen molar-refractivity contribution in [2.45, 2.75) is 33.0 Å². The third-order valence-electron chi connectivity index (χ3n) is 6.37. The van der Waals surface area contributed by atoms with Crippen molar-refractivity contribution < 1.29 is 4.79 Å². The Hall–Kier alpha value is -3.33. The van der Waals surface area contributed by atoms with Gasteiger partial charge in [0.05, 0.1) is 10.2 Å². The molecule has 8 heteroatoms. The molecule has 6 nitrogen and oxygen atoms in total. The summed E-state index contributed by atoms with van der Waals surface area (Å²) in [6.45, 7) is 5.41. The molecule has 0 aliphatic carbocycles. The molecule has 0 atom stereocenters. The molecular formula is C27H25N5OS2. The zero-order chi connectivity index (χ0) is 23.8. The first-order valence-corrected chi connectivity index (χ1v) is 13.4. The lowest BCUT2D eigenvalue weighted by Crippen LogP contribution is -2.29. The number of nitrogens with zero attached hydrogens (tertiary/aromatic N) is 4. The molecule has 6 rings (SSSR count). The summed E-state index contributed by atoms with van der Waals surface area (Å²) < 4.78 is 2.88. The fourth-order valence-corrected chi connectivity index (χ4v) is 7.07. The molecular weight excluding hydrogens is 474 g/mol. The summed E-state index contributed by atoms with van der Waals surface area (Å²) in [5.41, 5.74) is 5.29. The molecule has 0 unspecified atom stereocenters. The van der Waals surface area contributed by atoms with Gasteiger partial charge in [0.1, 0.15) is 15.7 Å². The summed E-state index contributed by atoms with van der Waals surface area (Å²) in [6.07, 6.45) is 2.61. The van der Waals surface area contributed by atoms with E-state index in [-0.39, 0.29) is 5.91 Å². The molecule has 0 saturated heterocycles. The molecule has 0 spiro atoms. The van der Waals surface area contributed by atoms with Crippen molar-refractivity contribution in [1.29, 1.82) is 0 Å². The fraction of sp³-hybridized carbons (Fsp3) is 0.222. The molecule has 176 valence electrons. The molecule has 0 fully saturated rings. The van der Waals surface area contributed by atoms with Crippen LogP contribution in [0.1, 0.15) is 33.4 Å². The summed E-state index contributed by atoms with van der Waals surface area (Å²) in [7, 11) is 0. The van der Waals surface area contributed by atoms with E-state index in [0.29, 0.717) is 12.2 Å². The average molecular weight is 500 g/mol. The van der Waals surface area contributed by atoms with Crippen molar-refractivity contribution in [3.05, 3.63) is 88.6 Å². The second kappa shape index (κ2) is 9.37. The molecule has 0 radical (unpaired) electrons. The first kappa shape index (κ1) is 22.2. The van der Waals surface area contributed by atoms with Gasteiger partial charge in [-0.05, 0) is 42.7 Å². The molecule has 0 bridgehead atoms. The van der Waals surface area contributed by atoms with Gasteiger partial charge in [-0.1, -0.05) is 42.5 Å². The Balaban J connectivity index is 1.37. The zero-order valence-corrected chi connectivity index (χ0v) is 21.0. The van der Waals surface area contributed by atoms with Gasteiger partial charge in [-0.25, -0.2) is 4.98 Å². The van der Waals surface area contributed by atoms with Gasteiger partial charge in [-0.3, -0.25) is 14.4 Å². The standard InChI is InChI=1S/C27H25N5OS2/c1-2-32-21(12-14-28-32)25(33)30-27-24(26-29-20-10-6-7-11-22(20)34-26)19-13-15-31(17-23(19)35-27)16-18-8-4-3-5-9-18/h3-12,14H,2,13,15-17H2,1H3,(H,30,33). The van der Waals surface area contributed by atoms with Crippen LogP contribution in [-0.2, 0) is 26.1 Å². The van der Waals surface area contributed by atoms with Crippen LogP contribution in [-0.4, -0.2) is 32.1 Å². The van der Waals surface area contributed by atoms with Crippen LogP contribution in [0.25, 0.3) is 20.8 Å². The van der Waals surface area contributed by atoms with E-state index in [0.717, 1.165) is 51.8 Å². The molecule has 2 aromatic carbocycles. The van der Waals surface area contributed by atoms with Crippen molar-refractivity contribution in [1.82, 2.24) is 19.7 Å². The number of carbonyl (C=O) groups is 1. The van der Waals surface area contributed by atoms with Crippen LogP contribution in [0, 0.1) is 0 Å². The van der Waals surface area contributed by atoms with Crippen molar-refractivity contribution in [3.63, 3.8) is 0 Å². The lowest BCUT2D eigenvalue weighted by Gasteiger charge is -2.27. The number of anilines is 1. The predicted molar refractivity (Wildman–Crippen MR) is 143 cm³/mol. The highest BCUT2D eigenvalue weighted by Gasteiger charge is 2.28. The first-order valence-electron chi connectivity index (χ1n) is 11.8. The van der Waals surface area contributed by atoms with Gasteiger partial charge in [-0.2, -0.15) is 5.10 Å². The Morgan fingerprint density at radius 2 is 1.89 bits per heavy atom. The number of rotatable bonds is 6. The van der Waals surface area contributed by atoms with Gasteiger partial charge in [0, 0.05) is 42.8 Å². The van der Waals surface area contributed by atoms with E-state index in [1.165, 1.54) is 16.0 Å². The molecule has 1 N–H and O–H groups in total. The molecule has 1 aliphatic heterocycles. The van der Waals surface area contributed by atoms with E-state index in [4.69, 9.17) is 4.98 Å². The van der Waals surface area contributed by atoms with Gasteiger partial charge in [0.2, 0.25) is 0 Å². The Morgan fingerprint density at radius 1 is 1.06 bits per heavy atom. The van der Waals surface area contributed by atoms with Crippen LogP contribution in [0.3, 0.4) is 0 Å². The summed E-state index contributed by atoms with van der Waals surface area (Å²) in [5, 5.41) is 9.33. The molecule has 0 saturated carbocycles. The van der Waals surface area contributed by atoms with Crippen LogP contribution in [0.4, 0.5) is 5.00 Å². The monoisotopic (exact) mass is 499 g/mol. The van der Waals surface area contributed by atoms with Gasteiger partial charge >= 0.3 is 0 Å². The van der Waals surface area contributed by atoms with Gasteiger partial charge in [0.25, 0.3) is 5.91 Å². The number of thiazole rings is 1. The van der Waals surface area contributed by atoms with Crippen molar-refractivity contribution in [3.8, 4) is 10.6 Å². The van der Waals surface area contributed by atoms with E-state index in [9.17, 15) is 4.79 Å². The third-order valence-corrected chi connectivity index (χ3v) is 8.55. The number of carbonyl (C=O) groups excluding carboxylic acids is 1. The van der Waals surface area contributed by atoms with Crippen molar-refractivity contribution in [2.24, 2.45) is 0 Å². The second-order valence-electron chi connectivity index (χ2n) is 8.63. The number of amides is 1. The van der Waals surface area contributed by atoms with E-state index in [2.05, 4.69) is 51.7 Å².